The number of nitrogens with zero attached hydrogens (tertiary/aromatic N) is 3. The molecule has 6 heteroatoms. The van der Waals surface area contributed by atoms with Gasteiger partial charge in [-0.05, 0) is 31.7 Å². The fourth-order valence-corrected chi connectivity index (χ4v) is 3.39. The van der Waals surface area contributed by atoms with Crippen molar-refractivity contribution in [1.82, 2.24) is 9.88 Å². The van der Waals surface area contributed by atoms with Gasteiger partial charge in [0.15, 0.2) is 0 Å². The summed E-state index contributed by atoms with van der Waals surface area (Å²) in [6, 6.07) is 7.36. The molecule has 110 valence electrons. The molecule has 1 aliphatic heterocycles. The predicted molar refractivity (Wildman–Crippen MR) is 85.8 cm³/mol. The number of likely N-dealkylation sites (N-methyl/N-ethyl adjacent to an activating group) is 1. The van der Waals surface area contributed by atoms with E-state index < -0.39 is 0 Å². The maximum absolute atomic E-state index is 12.6. The van der Waals surface area contributed by atoms with Crippen LogP contribution in [0.25, 0.3) is 0 Å². The maximum atomic E-state index is 12.6. The molecular formula is C15H16ClN3OS. The number of amides is 1. The number of anilines is 1. The smallest absolute Gasteiger partial charge is 0.244 e. The van der Waals surface area contributed by atoms with Crippen molar-refractivity contribution >= 4 is 34.5 Å². The first-order chi connectivity index (χ1) is 10.1. The lowest BCUT2D eigenvalue weighted by Gasteiger charge is -2.23. The largest absolute Gasteiger partial charge is 0.311 e. The Morgan fingerprint density at radius 1 is 1.52 bits per heavy atom. The van der Waals surface area contributed by atoms with E-state index in [-0.39, 0.29) is 11.9 Å². The van der Waals surface area contributed by atoms with Crippen molar-refractivity contribution in [2.45, 2.75) is 19.0 Å². The predicted octanol–water partition coefficient (Wildman–Crippen LogP) is 3.03. The first-order valence-corrected chi connectivity index (χ1v) is 8.11. The van der Waals surface area contributed by atoms with Crippen molar-refractivity contribution < 1.29 is 4.79 Å². The summed E-state index contributed by atoms with van der Waals surface area (Å²) >= 11 is 7.59. The minimum Gasteiger partial charge on any atom is -0.311 e. The van der Waals surface area contributed by atoms with E-state index in [2.05, 4.69) is 9.88 Å². The summed E-state index contributed by atoms with van der Waals surface area (Å²) in [5, 5.41) is 2.67. The van der Waals surface area contributed by atoms with E-state index in [1.54, 1.807) is 11.3 Å². The molecule has 0 aliphatic carbocycles. The minimum absolute atomic E-state index is 0.0920. The Labute approximate surface area is 133 Å². The van der Waals surface area contributed by atoms with Gasteiger partial charge in [-0.15, -0.1) is 11.3 Å². The molecule has 0 saturated carbocycles. The molecule has 4 nitrogen and oxygen atoms in total. The van der Waals surface area contributed by atoms with Gasteiger partial charge in [0.1, 0.15) is 0 Å². The highest BCUT2D eigenvalue weighted by Crippen LogP contribution is 2.26. The van der Waals surface area contributed by atoms with Gasteiger partial charge in [0, 0.05) is 29.2 Å². The van der Waals surface area contributed by atoms with Gasteiger partial charge in [-0.3, -0.25) is 9.69 Å². The third kappa shape index (κ3) is 3.10. The van der Waals surface area contributed by atoms with Crippen molar-refractivity contribution in [3.05, 3.63) is 45.9 Å². The topological polar surface area (TPSA) is 36.4 Å². The lowest BCUT2D eigenvalue weighted by Crippen LogP contribution is -2.39. The fraction of sp³-hybridized carbons (Fsp3) is 0.333. The molecule has 0 N–H and O–H groups in total. The van der Waals surface area contributed by atoms with Crippen LogP contribution in [0.1, 0.15) is 12.1 Å². The Balaban J connectivity index is 1.71. The fourth-order valence-electron chi connectivity index (χ4n) is 2.66. The number of thiazole rings is 1. The van der Waals surface area contributed by atoms with Crippen molar-refractivity contribution in [2.75, 3.05) is 18.5 Å². The van der Waals surface area contributed by atoms with E-state index in [1.165, 1.54) is 0 Å². The molecule has 0 radical (unpaired) electrons. The number of benzene rings is 1. The van der Waals surface area contributed by atoms with Crippen molar-refractivity contribution in [1.29, 1.82) is 0 Å². The Morgan fingerprint density at radius 3 is 3.10 bits per heavy atom. The molecule has 1 aromatic heterocycles. The SMILES string of the molecule is CN(Cc1cscn1)[C@H]1CCN(c2cccc(Cl)c2)C1=O. The second-order valence-electron chi connectivity index (χ2n) is 5.17. The second kappa shape index (κ2) is 6.13. The van der Waals surface area contributed by atoms with Crippen LogP contribution in [0.5, 0.6) is 0 Å². The number of halogens is 1. The van der Waals surface area contributed by atoms with E-state index in [1.807, 2.05) is 47.1 Å². The van der Waals surface area contributed by atoms with Gasteiger partial charge in [0.05, 0.1) is 17.2 Å². The molecule has 0 bridgehead atoms. The average molecular weight is 322 g/mol. The van der Waals surface area contributed by atoms with Gasteiger partial charge < -0.3 is 4.90 Å². The normalized spacial score (nSPS) is 18.7. The molecule has 0 spiro atoms. The van der Waals surface area contributed by atoms with E-state index in [9.17, 15) is 4.79 Å². The summed E-state index contributed by atoms with van der Waals surface area (Å²) in [4.78, 5) is 20.8. The molecule has 1 fully saturated rings. The maximum Gasteiger partial charge on any atom is 0.244 e. The molecule has 1 amide bonds. The third-order valence-corrected chi connectivity index (χ3v) is 4.59. The van der Waals surface area contributed by atoms with E-state index in [0.717, 1.165) is 24.3 Å². The molecule has 3 rings (SSSR count). The van der Waals surface area contributed by atoms with Crippen LogP contribution in [0.4, 0.5) is 5.69 Å². The summed E-state index contributed by atoms with van der Waals surface area (Å²) in [5.41, 5.74) is 3.70. The summed E-state index contributed by atoms with van der Waals surface area (Å²) in [7, 11) is 1.98. The first-order valence-electron chi connectivity index (χ1n) is 6.79. The number of hydrogen-bond acceptors (Lipinski definition) is 4. The zero-order valence-electron chi connectivity index (χ0n) is 11.7. The van der Waals surface area contributed by atoms with Crippen LogP contribution >= 0.6 is 22.9 Å². The van der Waals surface area contributed by atoms with Gasteiger partial charge in [0.2, 0.25) is 5.91 Å². The summed E-state index contributed by atoms with van der Waals surface area (Å²) in [5.74, 6) is 0.134. The minimum atomic E-state index is -0.0920. The lowest BCUT2D eigenvalue weighted by atomic mass is 10.2. The van der Waals surface area contributed by atoms with Crippen molar-refractivity contribution in [3.63, 3.8) is 0 Å². The molecule has 0 unspecified atom stereocenters. The lowest BCUT2D eigenvalue weighted by molar-refractivity contribution is -0.121. The zero-order valence-corrected chi connectivity index (χ0v) is 13.3. The van der Waals surface area contributed by atoms with Crippen LogP contribution in [-0.4, -0.2) is 35.4 Å². The highest BCUT2D eigenvalue weighted by molar-refractivity contribution is 7.07. The van der Waals surface area contributed by atoms with Gasteiger partial charge in [0.25, 0.3) is 0 Å². The molecular weight excluding hydrogens is 306 g/mol. The molecule has 2 aromatic rings. The number of carbonyl (C=O) groups is 1. The van der Waals surface area contributed by atoms with Crippen LogP contribution in [0.15, 0.2) is 35.2 Å². The molecule has 21 heavy (non-hydrogen) atoms. The number of hydrogen-bond donors (Lipinski definition) is 0. The van der Waals surface area contributed by atoms with Crippen LogP contribution in [0.3, 0.4) is 0 Å². The Kier molecular flexibility index (Phi) is 4.24. The summed E-state index contributed by atoms with van der Waals surface area (Å²) < 4.78 is 0. The van der Waals surface area contributed by atoms with Gasteiger partial charge in [-0.1, -0.05) is 17.7 Å². The van der Waals surface area contributed by atoms with Crippen LogP contribution in [0, 0.1) is 0 Å². The highest BCUT2D eigenvalue weighted by Gasteiger charge is 2.35. The number of aromatic nitrogens is 1. The van der Waals surface area contributed by atoms with Gasteiger partial charge >= 0.3 is 0 Å². The first kappa shape index (κ1) is 14.5. The number of rotatable bonds is 4. The number of carbonyl (C=O) groups excluding carboxylic acids is 1. The Morgan fingerprint density at radius 2 is 2.38 bits per heavy atom. The molecule has 1 aliphatic rings. The van der Waals surface area contributed by atoms with Gasteiger partial charge in [-0.25, -0.2) is 4.98 Å². The van der Waals surface area contributed by atoms with Crippen molar-refractivity contribution in [3.8, 4) is 0 Å². The molecule has 1 aromatic carbocycles. The molecule has 1 atom stereocenters. The molecule has 1 saturated heterocycles. The Hall–Kier alpha value is -1.43. The quantitative estimate of drug-likeness (QED) is 0.868. The second-order valence-corrected chi connectivity index (χ2v) is 6.32. The summed E-state index contributed by atoms with van der Waals surface area (Å²) in [6.07, 6.45) is 0.825. The third-order valence-electron chi connectivity index (χ3n) is 3.72. The standard InChI is InChI=1S/C15H16ClN3OS/c1-18(8-12-9-21-10-17-12)14-5-6-19(15(14)20)13-4-2-3-11(16)7-13/h2-4,7,9-10,14H,5-6,8H2,1H3/t14-/m0/s1. The summed E-state index contributed by atoms with van der Waals surface area (Å²) in [6.45, 7) is 1.43. The highest BCUT2D eigenvalue weighted by atomic mass is 35.5. The zero-order chi connectivity index (χ0) is 14.8. The van der Waals surface area contributed by atoms with E-state index >= 15 is 0 Å². The van der Waals surface area contributed by atoms with Crippen molar-refractivity contribution in [2.24, 2.45) is 0 Å². The monoisotopic (exact) mass is 321 g/mol. The van der Waals surface area contributed by atoms with Gasteiger partial charge in [-0.2, -0.15) is 0 Å². The van der Waals surface area contributed by atoms with E-state index in [4.69, 9.17) is 11.6 Å². The van der Waals surface area contributed by atoms with E-state index in [0.29, 0.717) is 11.6 Å². The van der Waals surface area contributed by atoms with Crippen LogP contribution in [-0.2, 0) is 11.3 Å². The van der Waals surface area contributed by atoms with Crippen LogP contribution in [0.2, 0.25) is 5.02 Å². The molecule has 2 heterocycles. The Bertz CT molecular complexity index is 632. The average Bonchev–Trinajstić information content (AvgIpc) is 3.08. The van der Waals surface area contributed by atoms with Crippen LogP contribution < -0.4 is 4.90 Å².